The van der Waals surface area contributed by atoms with E-state index in [1.165, 1.54) is 6.07 Å². The summed E-state index contributed by atoms with van der Waals surface area (Å²) in [6.45, 7) is 6.40. The highest BCUT2D eigenvalue weighted by Crippen LogP contribution is 2.30. The smallest absolute Gasteiger partial charge is 0.241 e. The van der Waals surface area contributed by atoms with Crippen LogP contribution < -0.4 is 14.9 Å². The van der Waals surface area contributed by atoms with Crippen molar-refractivity contribution in [2.75, 3.05) is 11.4 Å². The second-order valence-corrected chi connectivity index (χ2v) is 10.7. The summed E-state index contributed by atoms with van der Waals surface area (Å²) in [7, 11) is -3.95. The summed E-state index contributed by atoms with van der Waals surface area (Å²) >= 11 is 6.16. The van der Waals surface area contributed by atoms with Gasteiger partial charge in [0.1, 0.15) is 6.04 Å². The van der Waals surface area contributed by atoms with E-state index in [0.29, 0.717) is 30.8 Å². The Morgan fingerprint density at radius 2 is 1.88 bits per heavy atom. The molecule has 0 saturated carbocycles. The van der Waals surface area contributed by atoms with E-state index >= 15 is 0 Å². The van der Waals surface area contributed by atoms with Gasteiger partial charge in [-0.05, 0) is 54.2 Å². The van der Waals surface area contributed by atoms with Gasteiger partial charge in [-0.15, -0.1) is 0 Å². The van der Waals surface area contributed by atoms with Crippen LogP contribution in [-0.2, 0) is 32.6 Å². The molecule has 0 unspecified atom stereocenters. The second kappa shape index (κ2) is 10.7. The summed E-state index contributed by atoms with van der Waals surface area (Å²) in [5.74, 6) is -0.305. The van der Waals surface area contributed by atoms with E-state index in [-0.39, 0.29) is 23.3 Å². The van der Waals surface area contributed by atoms with Crippen molar-refractivity contribution in [3.05, 3.63) is 58.6 Å². The largest absolute Gasteiger partial charge is 0.351 e. The number of hydrogen-bond acceptors (Lipinski definition) is 4. The molecule has 1 atom stereocenters. The van der Waals surface area contributed by atoms with Gasteiger partial charge in [-0.1, -0.05) is 50.6 Å². The third-order valence-electron chi connectivity index (χ3n) is 5.59. The predicted octanol–water partition coefficient (Wildman–Crippen LogP) is 3.65. The number of carbonyl (C=O) groups is 2. The van der Waals surface area contributed by atoms with Gasteiger partial charge < -0.3 is 10.2 Å². The lowest BCUT2D eigenvalue weighted by Crippen LogP contribution is -2.47. The minimum atomic E-state index is -3.95. The van der Waals surface area contributed by atoms with E-state index in [4.69, 9.17) is 11.6 Å². The van der Waals surface area contributed by atoms with Gasteiger partial charge >= 0.3 is 0 Å². The number of sulfonamides is 1. The molecule has 9 heteroatoms. The molecule has 2 aromatic rings. The van der Waals surface area contributed by atoms with Gasteiger partial charge in [0.2, 0.25) is 21.8 Å². The number of nitrogens with zero attached hydrogens (tertiary/aromatic N) is 1. The zero-order chi connectivity index (χ0) is 24.2. The summed E-state index contributed by atoms with van der Waals surface area (Å²) in [5, 5.41) is 3.33. The molecule has 2 N–H and O–H groups in total. The number of hydrogen-bond donors (Lipinski definition) is 2. The minimum Gasteiger partial charge on any atom is -0.351 e. The topological polar surface area (TPSA) is 95.6 Å². The van der Waals surface area contributed by atoms with Crippen LogP contribution in [0.1, 0.15) is 44.7 Å². The maximum Gasteiger partial charge on any atom is 0.241 e. The van der Waals surface area contributed by atoms with Gasteiger partial charge in [0, 0.05) is 30.2 Å². The zero-order valence-electron chi connectivity index (χ0n) is 19.1. The molecule has 0 bridgehead atoms. The Balaban J connectivity index is 1.76. The summed E-state index contributed by atoms with van der Waals surface area (Å²) in [6.07, 6.45) is 1.33. The Kier molecular flexibility index (Phi) is 8.15. The SMILES string of the molecule is CCC(=O)N1CCc2cc(S(=O)(=O)N[C@H](CC(C)C)C(=O)NCc3ccccc3Cl)ccc21. The lowest BCUT2D eigenvalue weighted by atomic mass is 10.0. The van der Waals surface area contributed by atoms with Crippen molar-refractivity contribution >= 4 is 39.1 Å². The van der Waals surface area contributed by atoms with E-state index < -0.39 is 22.0 Å². The fourth-order valence-electron chi connectivity index (χ4n) is 3.88. The molecule has 0 spiro atoms. The standard InChI is InChI=1S/C24H30ClN3O4S/c1-4-23(29)28-12-11-17-14-19(9-10-22(17)28)33(31,32)27-21(13-16(2)3)24(30)26-15-18-7-5-6-8-20(18)25/h5-10,14,16,21,27H,4,11-13,15H2,1-3H3,(H,26,30)/t21-/m1/s1. The Bertz CT molecular complexity index is 1130. The second-order valence-electron chi connectivity index (χ2n) is 8.55. The van der Waals surface area contributed by atoms with Gasteiger partial charge in [0.15, 0.2) is 0 Å². The molecule has 1 heterocycles. The third kappa shape index (κ3) is 6.13. The van der Waals surface area contributed by atoms with Crippen LogP contribution in [-0.4, -0.2) is 32.8 Å². The number of amides is 2. The van der Waals surface area contributed by atoms with Crippen molar-refractivity contribution in [3.63, 3.8) is 0 Å². The van der Waals surface area contributed by atoms with Crippen molar-refractivity contribution in [3.8, 4) is 0 Å². The number of carbonyl (C=O) groups excluding carboxylic acids is 2. The van der Waals surface area contributed by atoms with Crippen molar-refractivity contribution in [1.82, 2.24) is 10.0 Å². The van der Waals surface area contributed by atoms with Gasteiger partial charge in [-0.3, -0.25) is 9.59 Å². The predicted molar refractivity (Wildman–Crippen MR) is 130 cm³/mol. The Morgan fingerprint density at radius 1 is 1.15 bits per heavy atom. The Hall–Kier alpha value is -2.42. The normalized spacial score (nSPS) is 14.3. The van der Waals surface area contributed by atoms with E-state index in [0.717, 1.165) is 16.8 Å². The molecular weight excluding hydrogens is 462 g/mol. The molecule has 33 heavy (non-hydrogen) atoms. The molecule has 3 rings (SSSR count). The highest BCUT2D eigenvalue weighted by atomic mass is 35.5. The van der Waals surface area contributed by atoms with Gasteiger partial charge in [-0.25, -0.2) is 8.42 Å². The highest BCUT2D eigenvalue weighted by molar-refractivity contribution is 7.89. The Labute approximate surface area is 200 Å². The van der Waals surface area contributed by atoms with Gasteiger partial charge in [0.05, 0.1) is 4.90 Å². The summed E-state index contributed by atoms with van der Waals surface area (Å²) < 4.78 is 28.8. The number of benzene rings is 2. The Morgan fingerprint density at radius 3 is 2.55 bits per heavy atom. The van der Waals surface area contributed by atoms with Crippen LogP contribution in [0.3, 0.4) is 0 Å². The molecule has 0 saturated heterocycles. The van der Waals surface area contributed by atoms with Crippen LogP contribution in [0.25, 0.3) is 0 Å². The lowest BCUT2D eigenvalue weighted by molar-refractivity contribution is -0.123. The first-order valence-electron chi connectivity index (χ1n) is 11.1. The first-order chi connectivity index (χ1) is 15.6. The molecular formula is C24H30ClN3O4S. The molecule has 2 aromatic carbocycles. The van der Waals surface area contributed by atoms with Crippen LogP contribution >= 0.6 is 11.6 Å². The molecule has 178 valence electrons. The van der Waals surface area contributed by atoms with Crippen LogP contribution in [0.2, 0.25) is 5.02 Å². The fourth-order valence-corrected chi connectivity index (χ4v) is 5.34. The maximum atomic E-state index is 13.1. The molecule has 2 amide bonds. The number of halogens is 1. The number of nitrogens with one attached hydrogen (secondary N) is 2. The molecule has 1 aliphatic rings. The summed E-state index contributed by atoms with van der Waals surface area (Å²) in [6, 6.07) is 11.0. The van der Waals surface area contributed by atoms with Crippen LogP contribution in [0.4, 0.5) is 5.69 Å². The first-order valence-corrected chi connectivity index (χ1v) is 12.9. The molecule has 1 aliphatic heterocycles. The highest BCUT2D eigenvalue weighted by Gasteiger charge is 2.29. The molecule has 0 radical (unpaired) electrons. The summed E-state index contributed by atoms with van der Waals surface area (Å²) in [4.78, 5) is 26.8. The molecule has 0 aliphatic carbocycles. The molecule has 0 aromatic heterocycles. The quantitative estimate of drug-likeness (QED) is 0.559. The van der Waals surface area contributed by atoms with E-state index in [1.54, 1.807) is 42.2 Å². The van der Waals surface area contributed by atoms with E-state index in [2.05, 4.69) is 10.0 Å². The average molecular weight is 492 g/mol. The van der Waals surface area contributed by atoms with Gasteiger partial charge in [-0.2, -0.15) is 4.72 Å². The lowest BCUT2D eigenvalue weighted by Gasteiger charge is -2.21. The first kappa shape index (κ1) is 25.2. The van der Waals surface area contributed by atoms with Crippen molar-refractivity contribution in [2.45, 2.75) is 57.5 Å². The van der Waals surface area contributed by atoms with Crippen LogP contribution in [0.5, 0.6) is 0 Å². The van der Waals surface area contributed by atoms with E-state index in [1.807, 2.05) is 19.9 Å². The van der Waals surface area contributed by atoms with Crippen molar-refractivity contribution in [2.24, 2.45) is 5.92 Å². The minimum absolute atomic E-state index is 0.00895. The fraction of sp³-hybridized carbons (Fsp3) is 0.417. The monoisotopic (exact) mass is 491 g/mol. The summed E-state index contributed by atoms with van der Waals surface area (Å²) in [5.41, 5.74) is 2.31. The molecule has 0 fully saturated rings. The zero-order valence-corrected chi connectivity index (χ0v) is 20.7. The third-order valence-corrected chi connectivity index (χ3v) is 7.43. The van der Waals surface area contributed by atoms with Crippen LogP contribution in [0, 0.1) is 5.92 Å². The molecule has 7 nitrogen and oxygen atoms in total. The maximum absolute atomic E-state index is 13.1. The van der Waals surface area contributed by atoms with E-state index in [9.17, 15) is 18.0 Å². The number of fused-ring (bicyclic) bond motifs is 1. The number of anilines is 1. The van der Waals surface area contributed by atoms with Crippen LogP contribution in [0.15, 0.2) is 47.4 Å². The van der Waals surface area contributed by atoms with Crippen molar-refractivity contribution in [1.29, 1.82) is 0 Å². The van der Waals surface area contributed by atoms with Gasteiger partial charge in [0.25, 0.3) is 0 Å². The van der Waals surface area contributed by atoms with Crippen molar-refractivity contribution < 1.29 is 18.0 Å². The average Bonchev–Trinajstić information content (AvgIpc) is 3.20. The number of rotatable bonds is 9.